The highest BCUT2D eigenvalue weighted by Gasteiger charge is 2.31. The third-order valence-corrected chi connectivity index (χ3v) is 3.81. The van der Waals surface area contributed by atoms with E-state index < -0.39 is 6.36 Å². The molecule has 3 aromatic rings. The maximum atomic E-state index is 12.3. The monoisotopic (exact) mass is 421 g/mol. The molecule has 2 heterocycles. The molecule has 0 bridgehead atoms. The summed E-state index contributed by atoms with van der Waals surface area (Å²) in [6, 6.07) is 5.10. The van der Waals surface area contributed by atoms with Gasteiger partial charge in [-0.05, 0) is 44.2 Å². The topological polar surface area (TPSA) is 117 Å². The van der Waals surface area contributed by atoms with Crippen molar-refractivity contribution in [2.24, 2.45) is 10.7 Å². The average Bonchev–Trinajstić information content (AvgIpc) is 3.27. The molecule has 0 unspecified atom stereocenters. The van der Waals surface area contributed by atoms with E-state index in [0.717, 1.165) is 12.1 Å². The van der Waals surface area contributed by atoms with Gasteiger partial charge in [-0.2, -0.15) is 4.98 Å². The van der Waals surface area contributed by atoms with Crippen molar-refractivity contribution in [2.75, 3.05) is 7.05 Å². The van der Waals surface area contributed by atoms with Crippen LogP contribution >= 0.6 is 0 Å². The Morgan fingerprint density at radius 2 is 1.93 bits per heavy atom. The van der Waals surface area contributed by atoms with Crippen molar-refractivity contribution in [1.29, 1.82) is 0 Å². The molecule has 3 rings (SSSR count). The van der Waals surface area contributed by atoms with Crippen molar-refractivity contribution in [1.82, 2.24) is 24.9 Å². The highest BCUT2D eigenvalue weighted by molar-refractivity contribution is 5.95. The first-order chi connectivity index (χ1) is 14.1. The zero-order valence-corrected chi connectivity index (χ0v) is 16.3. The first kappa shape index (κ1) is 21.0. The van der Waals surface area contributed by atoms with E-state index in [-0.39, 0.29) is 23.3 Å². The highest BCUT2D eigenvalue weighted by atomic mass is 19.4. The summed E-state index contributed by atoms with van der Waals surface area (Å²) in [5.74, 6) is 0.717. The molecule has 0 aliphatic carbocycles. The van der Waals surface area contributed by atoms with Crippen LogP contribution in [0.25, 0.3) is 23.1 Å². The van der Waals surface area contributed by atoms with Gasteiger partial charge in [0.05, 0.1) is 12.3 Å². The number of ether oxygens (including phenoxy) is 1. The van der Waals surface area contributed by atoms with E-state index in [4.69, 9.17) is 10.3 Å². The van der Waals surface area contributed by atoms with Gasteiger partial charge in [0.25, 0.3) is 5.89 Å². The van der Waals surface area contributed by atoms with Gasteiger partial charge in [-0.1, -0.05) is 5.16 Å². The number of halogens is 3. The highest BCUT2D eigenvalue weighted by Crippen LogP contribution is 2.26. The maximum absolute atomic E-state index is 12.3. The summed E-state index contributed by atoms with van der Waals surface area (Å²) in [6.07, 6.45) is -3.03. The van der Waals surface area contributed by atoms with E-state index in [0.29, 0.717) is 29.3 Å². The number of allylic oxidation sites excluding steroid dienone is 2. The number of rotatable bonds is 6. The Labute approximate surface area is 169 Å². The second-order valence-electron chi connectivity index (χ2n) is 6.24. The number of hydrogen-bond donors (Lipinski definition) is 1. The molecule has 0 saturated heterocycles. The third-order valence-electron chi connectivity index (χ3n) is 3.81. The third kappa shape index (κ3) is 5.21. The van der Waals surface area contributed by atoms with Crippen LogP contribution in [0.5, 0.6) is 5.75 Å². The second-order valence-corrected chi connectivity index (χ2v) is 6.24. The molecule has 2 N–H and O–H groups in total. The minimum absolute atomic E-state index is 0.0722. The molecule has 0 fully saturated rings. The van der Waals surface area contributed by atoms with Gasteiger partial charge in [-0.3, -0.25) is 4.99 Å². The maximum Gasteiger partial charge on any atom is 0.573 e. The van der Waals surface area contributed by atoms with Gasteiger partial charge >= 0.3 is 6.36 Å². The van der Waals surface area contributed by atoms with Crippen LogP contribution in [0.4, 0.5) is 13.2 Å². The van der Waals surface area contributed by atoms with Crippen molar-refractivity contribution in [2.45, 2.75) is 26.8 Å². The van der Waals surface area contributed by atoms with E-state index in [1.54, 1.807) is 31.7 Å². The number of aliphatic imine (C=N–C) groups is 1. The van der Waals surface area contributed by atoms with Crippen LogP contribution in [0.15, 0.2) is 45.6 Å². The Bertz CT molecular complexity index is 1080. The molecule has 0 saturated carbocycles. The van der Waals surface area contributed by atoms with Crippen molar-refractivity contribution in [3.8, 4) is 28.9 Å². The predicted molar refractivity (Wildman–Crippen MR) is 101 cm³/mol. The van der Waals surface area contributed by atoms with Crippen LogP contribution in [0, 0.1) is 6.92 Å². The molecule has 1 aromatic carbocycles. The van der Waals surface area contributed by atoms with Crippen LogP contribution in [0.3, 0.4) is 0 Å². The number of benzene rings is 1. The van der Waals surface area contributed by atoms with Gasteiger partial charge in [0.1, 0.15) is 11.6 Å². The van der Waals surface area contributed by atoms with Crippen LogP contribution in [-0.4, -0.2) is 44.0 Å². The largest absolute Gasteiger partial charge is 0.573 e. The minimum atomic E-state index is -4.76. The van der Waals surface area contributed by atoms with Crippen LogP contribution in [-0.2, 0) is 6.54 Å². The molecule has 9 nitrogen and oxygen atoms in total. The molecular weight excluding hydrogens is 403 g/mol. The smallest absolute Gasteiger partial charge is 0.406 e. The molecule has 0 amide bonds. The number of aromatic nitrogens is 5. The van der Waals surface area contributed by atoms with Crippen molar-refractivity contribution in [3.63, 3.8) is 0 Å². The van der Waals surface area contributed by atoms with Crippen molar-refractivity contribution < 1.29 is 22.4 Å². The number of hydrogen-bond acceptors (Lipinski definition) is 8. The van der Waals surface area contributed by atoms with E-state index in [1.807, 2.05) is 0 Å². The molecule has 0 aliphatic heterocycles. The Balaban J connectivity index is 1.79. The Morgan fingerprint density at radius 1 is 1.23 bits per heavy atom. The van der Waals surface area contributed by atoms with Gasteiger partial charge in [0.15, 0.2) is 0 Å². The molecule has 12 heteroatoms. The molecule has 0 spiro atoms. The summed E-state index contributed by atoms with van der Waals surface area (Å²) >= 11 is 0. The van der Waals surface area contributed by atoms with E-state index in [9.17, 15) is 13.2 Å². The normalized spacial score (nSPS) is 13.0. The lowest BCUT2D eigenvalue weighted by molar-refractivity contribution is -0.274. The number of nitrogens with zero attached hydrogens (tertiary/aromatic N) is 6. The van der Waals surface area contributed by atoms with Gasteiger partial charge in [-0.25, -0.2) is 9.67 Å². The summed E-state index contributed by atoms with van der Waals surface area (Å²) in [5.41, 5.74) is 7.46. The zero-order valence-electron chi connectivity index (χ0n) is 16.3. The number of aryl methyl sites for hydroxylation is 1. The summed E-state index contributed by atoms with van der Waals surface area (Å²) in [6.45, 7) is 3.87. The molecule has 0 radical (unpaired) electrons. The van der Waals surface area contributed by atoms with Gasteiger partial charge < -0.3 is 15.0 Å². The summed E-state index contributed by atoms with van der Waals surface area (Å²) in [5, 5.41) is 8.18. The molecule has 0 atom stereocenters. The Hall–Kier alpha value is -3.70. The van der Waals surface area contributed by atoms with Crippen molar-refractivity contribution >= 4 is 5.71 Å². The fraction of sp³-hybridized carbons (Fsp3) is 0.278. The lowest BCUT2D eigenvalue weighted by Crippen LogP contribution is -2.16. The molecule has 30 heavy (non-hydrogen) atoms. The van der Waals surface area contributed by atoms with Crippen LogP contribution in [0.2, 0.25) is 0 Å². The second kappa shape index (κ2) is 8.35. The first-order valence-electron chi connectivity index (χ1n) is 8.66. The molecular formula is C18H18F3N7O2. The predicted octanol–water partition coefficient (Wildman–Crippen LogP) is 3.14. The SMILES string of the molecule is CN=C(C=C(C)N)Cn1nc(-c2nc(-c3ccc(OC(F)(F)F)cc3)no2)nc1C. The fourth-order valence-electron chi connectivity index (χ4n) is 2.49. The lowest BCUT2D eigenvalue weighted by atomic mass is 10.2. The summed E-state index contributed by atoms with van der Waals surface area (Å²) < 4.78 is 47.4. The summed E-state index contributed by atoms with van der Waals surface area (Å²) in [7, 11) is 1.65. The average molecular weight is 421 g/mol. The first-order valence-corrected chi connectivity index (χ1v) is 8.66. The molecule has 2 aromatic heterocycles. The number of alkyl halides is 3. The number of nitrogens with two attached hydrogens (primary N) is 1. The van der Waals surface area contributed by atoms with E-state index in [2.05, 4.69) is 30.0 Å². The Morgan fingerprint density at radius 3 is 2.53 bits per heavy atom. The quantitative estimate of drug-likeness (QED) is 0.608. The Kier molecular flexibility index (Phi) is 5.85. The summed E-state index contributed by atoms with van der Waals surface area (Å²) in [4.78, 5) is 12.7. The van der Waals surface area contributed by atoms with Gasteiger partial charge in [-0.15, -0.1) is 18.3 Å². The molecule has 158 valence electrons. The van der Waals surface area contributed by atoms with Crippen molar-refractivity contribution in [3.05, 3.63) is 41.9 Å². The zero-order chi connectivity index (χ0) is 21.9. The van der Waals surface area contributed by atoms with Gasteiger partial charge in [0, 0.05) is 18.3 Å². The van der Waals surface area contributed by atoms with Crippen LogP contribution in [0.1, 0.15) is 12.7 Å². The van der Waals surface area contributed by atoms with E-state index in [1.165, 1.54) is 12.1 Å². The standard InChI is InChI=1S/C18H18F3N7O2/c1-10(22)8-13(23-3)9-28-11(2)24-16(26-28)17-25-15(27-30-17)12-4-6-14(7-5-12)29-18(19,20)21/h4-8H,9,22H2,1-3H3. The van der Waals surface area contributed by atoms with Gasteiger partial charge in [0.2, 0.25) is 11.6 Å². The van der Waals surface area contributed by atoms with E-state index >= 15 is 0 Å². The minimum Gasteiger partial charge on any atom is -0.406 e. The van der Waals surface area contributed by atoms with Crippen LogP contribution < -0.4 is 10.5 Å². The lowest BCUT2D eigenvalue weighted by Gasteiger charge is -2.08. The molecule has 0 aliphatic rings. The fourth-order valence-corrected chi connectivity index (χ4v) is 2.49.